The highest BCUT2D eigenvalue weighted by Crippen LogP contribution is 2.26. The summed E-state index contributed by atoms with van der Waals surface area (Å²) in [5.74, 6) is 0.0251. The normalized spacial score (nSPS) is 14.2. The minimum atomic E-state index is 0.0251. The molecule has 3 heteroatoms. The second-order valence-electron chi connectivity index (χ2n) is 5.11. The largest absolute Gasteiger partial charge is 0.309 e. The van der Waals surface area contributed by atoms with E-state index in [1.54, 1.807) is 6.08 Å². The van der Waals surface area contributed by atoms with E-state index in [0.717, 1.165) is 30.6 Å². The van der Waals surface area contributed by atoms with E-state index in [4.69, 9.17) is 11.6 Å². The van der Waals surface area contributed by atoms with Crippen molar-refractivity contribution in [2.75, 3.05) is 11.4 Å². The van der Waals surface area contributed by atoms with Gasteiger partial charge in [0.05, 0.1) is 0 Å². The summed E-state index contributed by atoms with van der Waals surface area (Å²) < 4.78 is 0. The summed E-state index contributed by atoms with van der Waals surface area (Å²) in [7, 11) is 0. The number of para-hydroxylation sites is 1. The molecular weight excluding hydrogens is 282 g/mol. The Balaban J connectivity index is 1.79. The number of rotatable bonds is 2. The molecule has 0 N–H and O–H groups in total. The highest BCUT2D eigenvalue weighted by Gasteiger charge is 2.20. The first kappa shape index (κ1) is 13.9. The molecule has 0 atom stereocenters. The van der Waals surface area contributed by atoms with Crippen molar-refractivity contribution in [2.24, 2.45) is 0 Å². The highest BCUT2D eigenvalue weighted by atomic mass is 35.5. The van der Waals surface area contributed by atoms with Crippen molar-refractivity contribution < 1.29 is 4.79 Å². The molecule has 1 aliphatic rings. The third kappa shape index (κ3) is 3.17. The molecule has 0 fully saturated rings. The van der Waals surface area contributed by atoms with Gasteiger partial charge in [-0.1, -0.05) is 41.9 Å². The Hall–Kier alpha value is -2.06. The van der Waals surface area contributed by atoms with Crippen LogP contribution in [0.3, 0.4) is 0 Å². The maximum atomic E-state index is 12.4. The summed E-state index contributed by atoms with van der Waals surface area (Å²) in [6.45, 7) is 0.779. The van der Waals surface area contributed by atoms with E-state index in [-0.39, 0.29) is 5.91 Å². The molecule has 3 rings (SSSR count). The van der Waals surface area contributed by atoms with Gasteiger partial charge in [0.2, 0.25) is 0 Å². The number of benzene rings is 2. The van der Waals surface area contributed by atoms with Gasteiger partial charge in [-0.25, -0.2) is 0 Å². The Labute approximate surface area is 129 Å². The molecular formula is C18H16ClNO. The monoisotopic (exact) mass is 297 g/mol. The van der Waals surface area contributed by atoms with E-state index in [0.29, 0.717) is 5.02 Å². The molecule has 2 nitrogen and oxygen atoms in total. The molecule has 106 valence electrons. The number of amides is 1. The number of fused-ring (bicyclic) bond motifs is 1. The van der Waals surface area contributed by atoms with Crippen molar-refractivity contribution >= 4 is 29.3 Å². The summed E-state index contributed by atoms with van der Waals surface area (Å²) in [6.07, 6.45) is 5.51. The first-order chi connectivity index (χ1) is 10.2. The van der Waals surface area contributed by atoms with Crippen LogP contribution in [0.15, 0.2) is 54.6 Å². The lowest BCUT2D eigenvalue weighted by atomic mass is 10.0. The number of aryl methyl sites for hydroxylation is 1. The predicted molar refractivity (Wildman–Crippen MR) is 87.6 cm³/mol. The average molecular weight is 298 g/mol. The number of hydrogen-bond acceptors (Lipinski definition) is 1. The Morgan fingerprint density at radius 3 is 2.67 bits per heavy atom. The van der Waals surface area contributed by atoms with Crippen LogP contribution in [0.1, 0.15) is 17.5 Å². The average Bonchev–Trinajstić information content (AvgIpc) is 2.53. The van der Waals surface area contributed by atoms with Crippen LogP contribution in [0, 0.1) is 0 Å². The van der Waals surface area contributed by atoms with Gasteiger partial charge in [0, 0.05) is 23.3 Å². The van der Waals surface area contributed by atoms with E-state index >= 15 is 0 Å². The molecule has 0 spiro atoms. The molecule has 0 radical (unpaired) electrons. The first-order valence-corrected chi connectivity index (χ1v) is 7.45. The van der Waals surface area contributed by atoms with Gasteiger partial charge in [0.1, 0.15) is 0 Å². The molecule has 2 aromatic rings. The summed E-state index contributed by atoms with van der Waals surface area (Å²) in [4.78, 5) is 14.3. The van der Waals surface area contributed by atoms with Gasteiger partial charge >= 0.3 is 0 Å². The Morgan fingerprint density at radius 1 is 1.10 bits per heavy atom. The lowest BCUT2D eigenvalue weighted by molar-refractivity contribution is -0.114. The Morgan fingerprint density at radius 2 is 1.86 bits per heavy atom. The van der Waals surface area contributed by atoms with Gasteiger partial charge in [0.15, 0.2) is 0 Å². The van der Waals surface area contributed by atoms with Crippen molar-refractivity contribution in [3.05, 3.63) is 70.8 Å². The van der Waals surface area contributed by atoms with E-state index in [9.17, 15) is 4.79 Å². The Bertz CT molecular complexity index is 676. The standard InChI is InChI=1S/C18H16ClNO/c19-16-10-7-14(8-11-16)9-12-18(21)20-13-3-5-15-4-1-2-6-17(15)20/h1-2,4,6-12H,3,5,13H2. The number of carbonyl (C=O) groups excluding carboxylic acids is 1. The number of hydrogen-bond donors (Lipinski definition) is 0. The molecule has 21 heavy (non-hydrogen) atoms. The quantitative estimate of drug-likeness (QED) is 0.755. The van der Waals surface area contributed by atoms with Crippen LogP contribution < -0.4 is 4.90 Å². The molecule has 0 unspecified atom stereocenters. The molecule has 0 bridgehead atoms. The second kappa shape index (κ2) is 6.15. The van der Waals surface area contributed by atoms with Crippen LogP contribution in [0.5, 0.6) is 0 Å². The SMILES string of the molecule is O=C(C=Cc1ccc(Cl)cc1)N1CCCc2ccccc21. The summed E-state index contributed by atoms with van der Waals surface area (Å²) in [5.41, 5.74) is 3.25. The zero-order valence-corrected chi connectivity index (χ0v) is 12.4. The smallest absolute Gasteiger partial charge is 0.250 e. The second-order valence-corrected chi connectivity index (χ2v) is 5.54. The highest BCUT2D eigenvalue weighted by molar-refractivity contribution is 6.30. The van der Waals surface area contributed by atoms with Gasteiger partial charge < -0.3 is 4.90 Å². The van der Waals surface area contributed by atoms with Crippen molar-refractivity contribution in [1.82, 2.24) is 0 Å². The third-order valence-electron chi connectivity index (χ3n) is 3.66. The van der Waals surface area contributed by atoms with Crippen LogP contribution in [0.25, 0.3) is 6.08 Å². The molecule has 1 heterocycles. The topological polar surface area (TPSA) is 20.3 Å². The van der Waals surface area contributed by atoms with Gasteiger partial charge in [0.25, 0.3) is 5.91 Å². The minimum absolute atomic E-state index is 0.0251. The molecule has 2 aromatic carbocycles. The van der Waals surface area contributed by atoms with Crippen LogP contribution in [0.4, 0.5) is 5.69 Å². The Kier molecular flexibility index (Phi) is 4.07. The fraction of sp³-hybridized carbons (Fsp3) is 0.167. The minimum Gasteiger partial charge on any atom is -0.309 e. The number of nitrogens with zero attached hydrogens (tertiary/aromatic N) is 1. The summed E-state index contributed by atoms with van der Waals surface area (Å²) >= 11 is 5.85. The van der Waals surface area contributed by atoms with Crippen molar-refractivity contribution in [3.8, 4) is 0 Å². The number of carbonyl (C=O) groups is 1. The fourth-order valence-corrected chi connectivity index (χ4v) is 2.72. The maximum absolute atomic E-state index is 12.4. The van der Waals surface area contributed by atoms with Gasteiger partial charge in [-0.3, -0.25) is 4.79 Å². The van der Waals surface area contributed by atoms with E-state index < -0.39 is 0 Å². The van der Waals surface area contributed by atoms with E-state index in [1.165, 1.54) is 5.56 Å². The van der Waals surface area contributed by atoms with Crippen molar-refractivity contribution in [2.45, 2.75) is 12.8 Å². The zero-order chi connectivity index (χ0) is 14.7. The predicted octanol–water partition coefficient (Wildman–Crippen LogP) is 4.33. The van der Waals surface area contributed by atoms with Gasteiger partial charge in [-0.15, -0.1) is 0 Å². The fourth-order valence-electron chi connectivity index (χ4n) is 2.59. The maximum Gasteiger partial charge on any atom is 0.250 e. The third-order valence-corrected chi connectivity index (χ3v) is 3.92. The van der Waals surface area contributed by atoms with Crippen LogP contribution in [-0.4, -0.2) is 12.5 Å². The molecule has 1 aliphatic heterocycles. The lowest BCUT2D eigenvalue weighted by Crippen LogP contribution is -2.34. The molecule has 0 aromatic heterocycles. The zero-order valence-electron chi connectivity index (χ0n) is 11.6. The summed E-state index contributed by atoms with van der Waals surface area (Å²) in [5, 5.41) is 0.698. The van der Waals surface area contributed by atoms with Crippen molar-refractivity contribution in [1.29, 1.82) is 0 Å². The van der Waals surface area contributed by atoms with Gasteiger partial charge in [-0.2, -0.15) is 0 Å². The van der Waals surface area contributed by atoms with E-state index in [2.05, 4.69) is 6.07 Å². The summed E-state index contributed by atoms with van der Waals surface area (Å²) in [6, 6.07) is 15.6. The number of halogens is 1. The lowest BCUT2D eigenvalue weighted by Gasteiger charge is -2.28. The van der Waals surface area contributed by atoms with E-state index in [1.807, 2.05) is 53.4 Å². The number of anilines is 1. The molecule has 1 amide bonds. The molecule has 0 saturated carbocycles. The van der Waals surface area contributed by atoms with Gasteiger partial charge in [-0.05, 0) is 48.2 Å². The van der Waals surface area contributed by atoms with Crippen LogP contribution in [0.2, 0.25) is 5.02 Å². The van der Waals surface area contributed by atoms with Crippen molar-refractivity contribution in [3.63, 3.8) is 0 Å². The van der Waals surface area contributed by atoms with Crippen LogP contribution in [-0.2, 0) is 11.2 Å². The molecule has 0 aliphatic carbocycles. The van der Waals surface area contributed by atoms with Crippen LogP contribution >= 0.6 is 11.6 Å². The first-order valence-electron chi connectivity index (χ1n) is 7.07. The molecule has 0 saturated heterocycles.